The number of carbonyl (C=O) groups excluding carboxylic acids is 8. The monoisotopic (exact) mass is 2150 g/mol. The summed E-state index contributed by atoms with van der Waals surface area (Å²) in [7, 11) is -6.70. The molecular weight excluding hydrogens is 1810 g/mol. The number of aliphatic hydroxyl groups excluding tert-OH is 3. The molecule has 0 unspecified atom stereocenters. The van der Waals surface area contributed by atoms with E-state index in [0.717, 1.165) is 50.5 Å². The number of carbonyl (C=O) groups is 8. The Balaban J connectivity index is -0.0000000292. The second-order valence-electron chi connectivity index (χ2n) is 27.8. The lowest BCUT2D eigenvalue weighted by molar-refractivity contribution is 0.0499. The van der Waals surface area contributed by atoms with Crippen LogP contribution < -0.4 is 35.3 Å². The quantitative estimate of drug-likeness (QED) is 0.0132. The lowest BCUT2D eigenvalue weighted by atomic mass is 10.1. The molecule has 40 nitrogen and oxygen atoms in total. The van der Waals surface area contributed by atoms with E-state index < -0.39 is 179 Å². The molecule has 0 bridgehead atoms. The van der Waals surface area contributed by atoms with E-state index in [-0.39, 0.29) is 157 Å². The zero-order valence-corrected chi connectivity index (χ0v) is 73.7. The number of hydrogen-bond donors (Lipinski definition) is 9. The average Bonchev–Trinajstić information content (AvgIpc) is 1.60. The van der Waals surface area contributed by atoms with Gasteiger partial charge >= 0.3 is 36.3 Å². The highest BCUT2D eigenvalue weighted by atomic mass is 35.7. The van der Waals surface area contributed by atoms with E-state index >= 15 is 4.39 Å². The summed E-state index contributed by atoms with van der Waals surface area (Å²) in [6, 6.07) is 4.59. The third-order valence-electron chi connectivity index (χ3n) is 19.2. The van der Waals surface area contributed by atoms with Gasteiger partial charge in [0.05, 0.1) is 56.3 Å². The van der Waals surface area contributed by atoms with Crippen LogP contribution in [0.2, 0.25) is 10.0 Å². The van der Waals surface area contributed by atoms with E-state index in [1.54, 1.807) is 41.5 Å². The minimum Gasteiger partial charge on any atom is -0.489 e. The second-order valence-corrected chi connectivity index (χ2v) is 36.2. The maximum atomic E-state index is 15.1. The third kappa shape index (κ3) is 24.9. The first-order chi connectivity index (χ1) is 119. The Hall–Kier alpha value is -9.64. The first-order valence-corrected chi connectivity index (χ1v) is 45.2. The Labute approximate surface area is 914 Å². The van der Waals surface area contributed by atoms with Crippen molar-refractivity contribution in [1.82, 2.24) is 52.0 Å². The van der Waals surface area contributed by atoms with Crippen molar-refractivity contribution in [2.24, 2.45) is 57.6 Å². The number of likely N-dealkylation sites (tertiary alicyclic amines) is 4. The number of aliphatic hydroxyl groups is 3. The van der Waals surface area contributed by atoms with Crippen molar-refractivity contribution in [2.75, 3.05) is 129 Å². The largest absolute Gasteiger partial charge is 0.489 e. The molecule has 0 spiro atoms. The minimum atomic E-state index is -4.49. The Morgan fingerprint density at radius 1 is 0.516 bits per heavy atom. The van der Waals surface area contributed by atoms with Crippen LogP contribution in [0.3, 0.4) is 0 Å². The maximum absolute atomic E-state index is 15.1. The fraction of sp³-hybridized carbons (Fsp3) is 0.500. The van der Waals surface area contributed by atoms with E-state index in [0.29, 0.717) is 19.7 Å². The van der Waals surface area contributed by atoms with Crippen LogP contribution in [0.15, 0.2) is 80.8 Å². The highest BCUT2D eigenvalue weighted by Crippen LogP contribution is 2.37. The highest BCUT2D eigenvalue weighted by Gasteiger charge is 2.45. The van der Waals surface area contributed by atoms with Gasteiger partial charge in [-0.15, -0.1) is 0 Å². The van der Waals surface area contributed by atoms with Crippen molar-refractivity contribution in [3.8, 4) is 5.75 Å². The lowest BCUT2D eigenvalue weighted by Crippen LogP contribution is -2.43. The van der Waals surface area contributed by atoms with Gasteiger partial charge in [-0.05, 0) is 77.9 Å². The van der Waals surface area contributed by atoms with E-state index in [1.807, 2.05) is 0 Å². The number of esters is 2. The van der Waals surface area contributed by atoms with Crippen LogP contribution in [0, 0.1) is 52.8 Å². The number of halogens is 8. The summed E-state index contributed by atoms with van der Waals surface area (Å²) in [5.74, 6) is -10.3. The van der Waals surface area contributed by atoms with Crippen LogP contribution in [0.25, 0.3) is 0 Å². The Morgan fingerprint density at radius 2 is 0.871 bits per heavy atom. The van der Waals surface area contributed by atoms with Gasteiger partial charge in [-0.2, -0.15) is 0 Å². The number of nitrogens with zero attached hydrogens (tertiary/aromatic N) is 8. The SMILES string of the molecule is CCOC(=O)N1C[C@@H](CO)[C@@H](N)C1.CCOC(=O)N1C[C@@H](CO)[C@@H](NS(=O)(=O)c2cn(C)c(C(=O)Nc3ccc(F)c(Cl)c3)c2F)C1.CCOC(=O)N1C[C@H]2COc3c(cn(C)c3C(=O)Nc3ccc(F)c(Cl)c3)S(=O)(=O)N[C@H]2C1.CCOC(=O)c1c(F)c(S(=O)(=O)Cl)cn1C.CCOC(=O)c1c(F)c(S(=O)(=O)N[C@H]2CN(C(=O)OCC)C[C@H]2CO)cn1C.[2HH].[2HH].[2H][2H].[2H][2H].[2H][2H].[2H][2H].[2H][2H].[2H][2H].[2H][2H].[2H][2H].[2H][2H].[2H][2H].[2H][2H].[2H][2H].[2H][2H].[2H][2H].[2H][2H].[2H][2H].[2H][2H].[2H][2H].[2H][2H].[2H][2H].[2H][2H].[2H][2H].[2H][2H].[2H][2H].[2H][2H].[2H][2H].[2H][2H].[2H][2H].[2H][2H].[2H][2H].[2H][2H].[2H][2H].[2H][2H].[2H][2H].[2H][2H].[2H][2H].[2H][2H].[2H][2H].[2H][2H].[2H][2H].[2H][2H].[2H][2H].[2H][2H].[2H][2H].[2H][2H].[2H][2H].[2H][2H].[2H][2H].[2H][2H].[2H][2H].[2H][2H].[2H][2H].[2H][2H].[2H][2H].[2H][2H].[2H][2H].[2H][2H].[2H][2H].[2H][2H].[2H][2H].[2H][2H]. The van der Waals surface area contributed by atoms with E-state index in [2.05, 4.69) is 29.5 Å². The zero-order chi connectivity index (χ0) is 215. The van der Waals surface area contributed by atoms with Gasteiger partial charge in [0.1, 0.15) is 36.9 Å². The first-order valence-electron chi connectivity index (χ1n) is 98.7. The van der Waals surface area contributed by atoms with Crippen molar-refractivity contribution >= 4 is 133 Å². The summed E-state index contributed by atoms with van der Waals surface area (Å²) in [6.07, 6.45) is 1.94. The molecule has 11 rings (SSSR count). The average molecular weight is 2150 g/mol. The van der Waals surface area contributed by atoms with Gasteiger partial charge in [0.25, 0.3) is 20.9 Å². The minimum absolute atomic E-state index is 0. The van der Waals surface area contributed by atoms with Gasteiger partial charge in [0, 0.05) is 379 Å². The third-order valence-corrected chi connectivity index (χ3v) is 25.5. The molecule has 124 heavy (non-hydrogen) atoms. The van der Waals surface area contributed by atoms with Crippen LogP contribution in [0.1, 0.15) is 267 Å². The number of anilines is 2. The molecule has 10 N–H and O–H groups in total. The predicted molar refractivity (Wildman–Crippen MR) is 564 cm³/mol. The van der Waals surface area contributed by atoms with Crippen molar-refractivity contribution in [2.45, 2.75) is 85.3 Å². The molecule has 6 amide bonds. The molecule has 52 heteroatoms. The van der Waals surface area contributed by atoms with Gasteiger partial charge in [-0.25, -0.2) is 98.6 Å². The van der Waals surface area contributed by atoms with Crippen LogP contribution >= 0.6 is 33.9 Å². The van der Waals surface area contributed by atoms with E-state index in [1.165, 1.54) is 76.8 Å². The number of sulfonamides is 3. The molecule has 0 saturated carbocycles. The molecule has 2 aromatic carbocycles. The van der Waals surface area contributed by atoms with Crippen LogP contribution in [-0.2, 0) is 95.7 Å². The second kappa shape index (κ2) is 44.0. The van der Waals surface area contributed by atoms with E-state index in [4.69, 9.17) is 254 Å². The van der Waals surface area contributed by atoms with Crippen molar-refractivity contribution in [3.63, 3.8) is 0 Å². The molecule has 0 radical (unpaired) electrons. The summed E-state index contributed by atoms with van der Waals surface area (Å²) >= 11 is 11.4. The molecule has 8 atom stereocenters. The standard InChI is InChI=1S/C20H23ClF2N4O6S.C20H22ClFN4O6S.C16H24FN3O7S.C8H9ClFNO4S.C8H16N2O3.63H2/c1-3-33-20(30)27-7-11(10-28)15(8-27)25-34(31,32)16-9-26(2)18(17(16)23)19(29)24-12-4-5-14(22)13(21)6-12;1-3-31-20(28)26-7-11-10-32-18-16(33(29,30)24-15(11)8-26)9-25(2)17(18)19(27)23-12-4-5-14(22)13(21)6-12;1-4-26-15(22)14-13(17)12(8-19(14)3)28(24,25)18-11-7-20(6-10(11)9-21)16(23)27-5-2;1-3-15-8(12)7-6(10)5(4-11(7)2)16(9,13)14;1-2-13-8(12)10-3-6(5-11)7(9)4-10;;;;;;;;;;;;;;;;;;;;;;;;;;;;;;;;;;;;;;;;;;;;;;;;;;;;;;;;;;;;;;;/h4-6,9,11,15,25,28H,3,7-8,10H2,1-2H3,(H,24,29);4-6,9,11,15,24H,3,7-8,10H2,1-2H3,(H,23,27);8,10-11,18,21H,4-7,9H2,1-3H3;4H,3H2,1-2H3;6-7,11H,2-5,9H2,1H3;63*1H/t2*11-,15-;10-,11-;;6-,7-;;;;;;;;;;;;;;;;;;;;;;;;;;;;;;;;;;;;;;;;;;;;;;;;;;;;;;;;;;;;;;;/m000.0.............................................................../s1/i;;;;;61*1+1D;2*1+1. The smallest absolute Gasteiger partial charge is 0.409 e. The molecule has 4 aromatic heterocycles. The number of hydrogen-bond acceptors (Lipinski definition) is 27. The summed E-state index contributed by atoms with van der Waals surface area (Å²) in [5, 5.41) is 32.5. The molecular formula is C72H220Cl3F5N14O26S4. The summed E-state index contributed by atoms with van der Waals surface area (Å²) in [6.45, 7) is 11.4. The Bertz CT molecular complexity index is 5630. The number of rotatable bonds is 22. The van der Waals surface area contributed by atoms with Crippen LogP contribution in [0.5, 0.6) is 5.75 Å². The number of amides is 6. The molecule has 0 aliphatic carbocycles. The molecule has 4 saturated heterocycles. The first kappa shape index (κ1) is 44.7. The van der Waals surface area contributed by atoms with Crippen molar-refractivity contribution in [1.29, 1.82) is 0 Å². The number of nitrogens with one attached hydrogen (secondary N) is 5. The maximum Gasteiger partial charge on any atom is 0.409 e. The number of benzene rings is 2. The van der Waals surface area contributed by atoms with Gasteiger partial charge < -0.3 is 103 Å². The van der Waals surface area contributed by atoms with Gasteiger partial charge in [0.15, 0.2) is 40.3 Å². The zero-order valence-electron chi connectivity index (χ0n) is 190. The predicted octanol–water partition coefficient (Wildman–Crippen LogP) is 20.4. The summed E-state index contributed by atoms with van der Waals surface area (Å²) in [5.41, 5.74) is 4.41. The number of aromatic nitrogens is 4. The highest BCUT2D eigenvalue weighted by molar-refractivity contribution is 8.13. The number of nitrogens with two attached hydrogens (primary N) is 1. The molecule has 4 fully saturated rings. The molecule has 5 aliphatic rings. The molecule has 9 heterocycles. The number of aryl methyl sites for hydroxylation is 4. The lowest BCUT2D eigenvalue weighted by Gasteiger charge is -2.23. The molecule has 814 valence electrons. The van der Waals surface area contributed by atoms with Gasteiger partial charge in [-0.1, -0.05) is 23.2 Å². The number of fused-ring (bicyclic) bond motifs is 2. The van der Waals surface area contributed by atoms with Crippen molar-refractivity contribution < 1.29 is 326 Å². The van der Waals surface area contributed by atoms with Crippen LogP contribution in [-0.4, -0.2) is 278 Å². The molecule has 5 aliphatic heterocycles. The summed E-state index contributed by atoms with van der Waals surface area (Å²) in [4.78, 5) is 98.9. The normalized spacial score (nSPS) is 23.4. The van der Waals surface area contributed by atoms with Crippen molar-refractivity contribution in [3.05, 3.63) is 123 Å². The fourth-order valence-electron chi connectivity index (χ4n) is 13.2. The Kier molecular flexibility index (Phi) is 15.9. The van der Waals surface area contributed by atoms with Gasteiger partial charge in [0.2, 0.25) is 30.1 Å². The van der Waals surface area contributed by atoms with Gasteiger partial charge in [-0.3, -0.25) is 9.59 Å². The Morgan fingerprint density at radius 3 is 1.25 bits per heavy atom. The fourth-order valence-corrected chi connectivity index (χ4v) is 18.8. The number of ether oxygens (including phenoxy) is 7. The topological polar surface area (TPSA) is 517 Å². The summed E-state index contributed by atoms with van der Waals surface area (Å²) < 4.78 is 826. The van der Waals surface area contributed by atoms with Crippen LogP contribution in [0.4, 0.5) is 52.5 Å². The van der Waals surface area contributed by atoms with E-state index in [9.17, 15) is 99.8 Å². The molecule has 6 aromatic rings.